The van der Waals surface area contributed by atoms with Crippen molar-refractivity contribution in [3.63, 3.8) is 0 Å². The lowest BCUT2D eigenvalue weighted by atomic mass is 10.1. The molecule has 0 amide bonds. The van der Waals surface area contributed by atoms with Crippen molar-refractivity contribution in [1.29, 1.82) is 0 Å². The predicted molar refractivity (Wildman–Crippen MR) is 80.5 cm³/mol. The summed E-state index contributed by atoms with van der Waals surface area (Å²) in [6, 6.07) is 14.7. The number of hydrogen-bond donors (Lipinski definition) is 1. The summed E-state index contributed by atoms with van der Waals surface area (Å²) < 4.78 is 0. The Labute approximate surface area is 118 Å². The molecule has 0 saturated heterocycles. The molecule has 98 valence electrons. The first kappa shape index (κ1) is 12.5. The van der Waals surface area contributed by atoms with E-state index in [0.717, 1.165) is 24.5 Å². The SMILES string of the molecule is NCCc1ccc(Cl)cc1N1Cc2ccccc2C1. The van der Waals surface area contributed by atoms with Gasteiger partial charge in [-0.2, -0.15) is 0 Å². The summed E-state index contributed by atoms with van der Waals surface area (Å²) in [5.41, 5.74) is 11.0. The number of fused-ring (bicyclic) bond motifs is 1. The van der Waals surface area contributed by atoms with Crippen LogP contribution in [0.4, 0.5) is 5.69 Å². The molecular weight excluding hydrogens is 256 g/mol. The first-order valence-electron chi connectivity index (χ1n) is 6.58. The van der Waals surface area contributed by atoms with Crippen molar-refractivity contribution in [2.75, 3.05) is 11.4 Å². The minimum Gasteiger partial charge on any atom is -0.363 e. The first-order valence-corrected chi connectivity index (χ1v) is 6.96. The number of nitrogens with zero attached hydrogens (tertiary/aromatic N) is 1. The third-order valence-corrected chi connectivity index (χ3v) is 3.88. The van der Waals surface area contributed by atoms with Crippen LogP contribution < -0.4 is 10.6 Å². The lowest BCUT2D eigenvalue weighted by molar-refractivity contribution is 0.858. The van der Waals surface area contributed by atoms with Gasteiger partial charge in [0.15, 0.2) is 0 Å². The molecule has 0 saturated carbocycles. The van der Waals surface area contributed by atoms with Crippen molar-refractivity contribution in [2.45, 2.75) is 19.5 Å². The van der Waals surface area contributed by atoms with Crippen molar-refractivity contribution in [3.05, 3.63) is 64.2 Å². The third kappa shape index (κ3) is 2.46. The lowest BCUT2D eigenvalue weighted by Gasteiger charge is -2.21. The molecule has 3 rings (SSSR count). The molecule has 2 aromatic rings. The van der Waals surface area contributed by atoms with E-state index >= 15 is 0 Å². The summed E-state index contributed by atoms with van der Waals surface area (Å²) >= 11 is 6.15. The van der Waals surface area contributed by atoms with Crippen LogP contribution in [0, 0.1) is 0 Å². The molecule has 0 fully saturated rings. The molecule has 1 aliphatic rings. The molecule has 3 heteroatoms. The van der Waals surface area contributed by atoms with Gasteiger partial charge in [-0.15, -0.1) is 0 Å². The number of halogens is 1. The fraction of sp³-hybridized carbons (Fsp3) is 0.250. The molecule has 2 nitrogen and oxygen atoms in total. The van der Waals surface area contributed by atoms with Gasteiger partial charge in [-0.05, 0) is 41.8 Å². The van der Waals surface area contributed by atoms with Crippen molar-refractivity contribution in [3.8, 4) is 0 Å². The Kier molecular flexibility index (Phi) is 3.45. The Bertz CT molecular complexity index is 570. The molecule has 0 radical (unpaired) electrons. The van der Waals surface area contributed by atoms with Crippen LogP contribution in [0.2, 0.25) is 5.02 Å². The number of anilines is 1. The van der Waals surface area contributed by atoms with Crippen LogP contribution in [0.25, 0.3) is 0 Å². The van der Waals surface area contributed by atoms with Crippen LogP contribution in [0.5, 0.6) is 0 Å². The van der Waals surface area contributed by atoms with Gasteiger partial charge < -0.3 is 10.6 Å². The van der Waals surface area contributed by atoms with Crippen molar-refractivity contribution >= 4 is 17.3 Å². The lowest BCUT2D eigenvalue weighted by Crippen LogP contribution is -2.17. The van der Waals surface area contributed by atoms with E-state index in [9.17, 15) is 0 Å². The molecule has 0 aromatic heterocycles. The minimum atomic E-state index is 0.662. The molecule has 2 aromatic carbocycles. The average molecular weight is 273 g/mol. The van der Waals surface area contributed by atoms with Gasteiger partial charge in [0.05, 0.1) is 0 Å². The second-order valence-electron chi connectivity index (χ2n) is 4.94. The fourth-order valence-electron chi connectivity index (χ4n) is 2.70. The predicted octanol–water partition coefficient (Wildman–Crippen LogP) is 3.36. The highest BCUT2D eigenvalue weighted by atomic mass is 35.5. The number of nitrogens with two attached hydrogens (primary N) is 1. The van der Waals surface area contributed by atoms with E-state index in [1.54, 1.807) is 0 Å². The van der Waals surface area contributed by atoms with Gasteiger partial charge in [0.1, 0.15) is 0 Å². The standard InChI is InChI=1S/C16H17ClN2/c17-15-6-5-12(7-8-18)16(9-15)19-10-13-3-1-2-4-14(13)11-19/h1-6,9H,7-8,10-11,18H2. The maximum Gasteiger partial charge on any atom is 0.0436 e. The Hall–Kier alpha value is -1.51. The summed E-state index contributed by atoms with van der Waals surface area (Å²) in [5.74, 6) is 0. The topological polar surface area (TPSA) is 29.3 Å². The highest BCUT2D eigenvalue weighted by Crippen LogP contribution is 2.32. The Morgan fingerprint density at radius 2 is 1.74 bits per heavy atom. The molecule has 0 aliphatic carbocycles. The monoisotopic (exact) mass is 272 g/mol. The Morgan fingerprint density at radius 1 is 1.05 bits per heavy atom. The van der Waals surface area contributed by atoms with E-state index in [2.05, 4.69) is 41.3 Å². The summed E-state index contributed by atoms with van der Waals surface area (Å²) in [7, 11) is 0. The minimum absolute atomic E-state index is 0.662. The Morgan fingerprint density at radius 3 is 2.37 bits per heavy atom. The zero-order valence-electron chi connectivity index (χ0n) is 10.8. The van der Waals surface area contributed by atoms with Gasteiger partial charge in [-0.3, -0.25) is 0 Å². The maximum atomic E-state index is 6.15. The zero-order valence-corrected chi connectivity index (χ0v) is 11.5. The molecule has 0 bridgehead atoms. The van der Waals surface area contributed by atoms with Crippen LogP contribution in [-0.2, 0) is 19.5 Å². The molecule has 1 heterocycles. The van der Waals surface area contributed by atoms with Gasteiger partial charge in [0.25, 0.3) is 0 Å². The smallest absolute Gasteiger partial charge is 0.0436 e. The van der Waals surface area contributed by atoms with Crippen molar-refractivity contribution in [1.82, 2.24) is 0 Å². The fourth-order valence-corrected chi connectivity index (χ4v) is 2.87. The Balaban J connectivity index is 1.94. The van der Waals surface area contributed by atoms with Crippen LogP contribution in [0.1, 0.15) is 16.7 Å². The number of hydrogen-bond acceptors (Lipinski definition) is 2. The van der Waals surface area contributed by atoms with Crippen molar-refractivity contribution in [2.24, 2.45) is 5.73 Å². The van der Waals surface area contributed by atoms with Gasteiger partial charge >= 0.3 is 0 Å². The number of rotatable bonds is 3. The molecule has 19 heavy (non-hydrogen) atoms. The average Bonchev–Trinajstić information content (AvgIpc) is 2.84. The van der Waals surface area contributed by atoms with Gasteiger partial charge in [-0.25, -0.2) is 0 Å². The molecule has 0 unspecified atom stereocenters. The van der Waals surface area contributed by atoms with Crippen molar-refractivity contribution < 1.29 is 0 Å². The summed E-state index contributed by atoms with van der Waals surface area (Å²) in [4.78, 5) is 2.38. The summed E-state index contributed by atoms with van der Waals surface area (Å²) in [6.07, 6.45) is 0.888. The largest absolute Gasteiger partial charge is 0.363 e. The van der Waals surface area contributed by atoms with Crippen LogP contribution in [0.15, 0.2) is 42.5 Å². The van der Waals surface area contributed by atoms with Gasteiger partial charge in [0, 0.05) is 23.8 Å². The summed E-state index contributed by atoms with van der Waals surface area (Å²) in [6.45, 7) is 2.57. The second kappa shape index (κ2) is 5.24. The van der Waals surface area contributed by atoms with Crippen LogP contribution in [-0.4, -0.2) is 6.54 Å². The summed E-state index contributed by atoms with van der Waals surface area (Å²) in [5, 5.41) is 0.784. The van der Waals surface area contributed by atoms with E-state index < -0.39 is 0 Å². The van der Waals surface area contributed by atoms with Gasteiger partial charge in [0.2, 0.25) is 0 Å². The first-order chi connectivity index (χ1) is 9.28. The molecule has 0 atom stereocenters. The van der Waals surface area contributed by atoms with Gasteiger partial charge in [-0.1, -0.05) is 41.9 Å². The molecule has 2 N–H and O–H groups in total. The normalized spacial score (nSPS) is 13.7. The van der Waals surface area contributed by atoms with E-state index in [0.29, 0.717) is 6.54 Å². The van der Waals surface area contributed by atoms with E-state index in [1.165, 1.54) is 22.4 Å². The zero-order chi connectivity index (χ0) is 13.2. The second-order valence-corrected chi connectivity index (χ2v) is 5.37. The third-order valence-electron chi connectivity index (χ3n) is 3.64. The van der Waals surface area contributed by atoms with E-state index in [1.807, 2.05) is 6.07 Å². The van der Waals surface area contributed by atoms with Crippen LogP contribution in [0.3, 0.4) is 0 Å². The molecular formula is C16H17ClN2. The maximum absolute atomic E-state index is 6.15. The quantitative estimate of drug-likeness (QED) is 0.928. The molecule has 1 aliphatic heterocycles. The van der Waals surface area contributed by atoms with E-state index in [-0.39, 0.29) is 0 Å². The van der Waals surface area contributed by atoms with Crippen LogP contribution >= 0.6 is 11.6 Å². The highest BCUT2D eigenvalue weighted by Gasteiger charge is 2.20. The van der Waals surface area contributed by atoms with E-state index in [4.69, 9.17) is 17.3 Å². The number of benzene rings is 2. The molecule has 0 spiro atoms. The highest BCUT2D eigenvalue weighted by molar-refractivity contribution is 6.30.